The Balaban J connectivity index is 2.96. The number of nitrogens with one attached hydrogen (secondary N) is 10. The van der Waals surface area contributed by atoms with Crippen LogP contribution in [0.25, 0.3) is 0 Å². The SMILES string of the molecule is C=C(C)[C@@H]1NC(=O)[C@@H](C(C)C(=O)O)NC(=O)CNC(=O)[C@H](CC(=O)O)NC(=O)[C@H](C(O)C(=O)O)NC(=O)[C@H](CCCCN)NC(=O)[C@@H](C(C)C)NC(=O)[C@@H](NC(=O)[C@@H](NC(=O)/C=C/C=C\CCC(C)CC)C(C)C(=O)O)C(C)NC(=O)[C@@H]2C[C@@H](C)CN2C1=O. The second-order valence-electron chi connectivity index (χ2n) is 22.8. The highest BCUT2D eigenvalue weighted by Gasteiger charge is 2.45. The molecule has 0 aromatic heterocycles. The number of carbonyl (C=O) groups is 15. The number of amides is 11. The Labute approximate surface area is 514 Å². The minimum atomic E-state index is -2.84. The lowest BCUT2D eigenvalue weighted by atomic mass is 9.98. The molecule has 0 radical (unpaired) electrons. The maximum Gasteiger partial charge on any atom is 0.335 e. The number of nitrogens with two attached hydrogens (primary N) is 1. The highest BCUT2D eigenvalue weighted by molar-refractivity contribution is 6.02. The van der Waals surface area contributed by atoms with E-state index < -0.39 is 192 Å². The van der Waals surface area contributed by atoms with E-state index in [-0.39, 0.29) is 44.3 Å². The van der Waals surface area contributed by atoms with E-state index in [0.717, 1.165) is 37.7 Å². The van der Waals surface area contributed by atoms with Gasteiger partial charge in [0.15, 0.2) is 6.10 Å². The van der Waals surface area contributed by atoms with Crippen molar-refractivity contribution in [2.75, 3.05) is 19.6 Å². The molecule has 17 N–H and O–H groups in total. The summed E-state index contributed by atoms with van der Waals surface area (Å²) in [5, 5.41) is 72.9. The molecule has 2 aliphatic rings. The van der Waals surface area contributed by atoms with Crippen LogP contribution in [0.2, 0.25) is 0 Å². The van der Waals surface area contributed by atoms with Gasteiger partial charge >= 0.3 is 23.9 Å². The van der Waals surface area contributed by atoms with Gasteiger partial charge in [-0.2, -0.15) is 0 Å². The maximum atomic E-state index is 14.8. The Morgan fingerprint density at radius 2 is 1.33 bits per heavy atom. The van der Waals surface area contributed by atoms with Crippen molar-refractivity contribution in [2.24, 2.45) is 35.3 Å². The lowest BCUT2D eigenvalue weighted by Crippen LogP contribution is -2.65. The van der Waals surface area contributed by atoms with Crippen LogP contribution < -0.4 is 58.9 Å². The first kappa shape index (κ1) is 76.3. The molecular weight excluding hydrogens is 1170 g/mol. The van der Waals surface area contributed by atoms with Crippen molar-refractivity contribution in [3.05, 3.63) is 36.5 Å². The van der Waals surface area contributed by atoms with Gasteiger partial charge in [0, 0.05) is 12.6 Å². The van der Waals surface area contributed by atoms with E-state index in [1.54, 1.807) is 19.1 Å². The number of carboxylic acid groups (broad SMARTS) is 4. The van der Waals surface area contributed by atoms with Gasteiger partial charge < -0.3 is 89.3 Å². The number of carboxylic acids is 4. The highest BCUT2D eigenvalue weighted by atomic mass is 16.4. The second-order valence-corrected chi connectivity index (χ2v) is 22.8. The lowest BCUT2D eigenvalue weighted by molar-refractivity contribution is -0.153. The summed E-state index contributed by atoms with van der Waals surface area (Å²) < 4.78 is 0. The summed E-state index contributed by atoms with van der Waals surface area (Å²) >= 11 is 0. The third kappa shape index (κ3) is 24.0. The molecule has 496 valence electrons. The van der Waals surface area contributed by atoms with Gasteiger partial charge in [-0.3, -0.25) is 67.1 Å². The van der Waals surface area contributed by atoms with Crippen molar-refractivity contribution >= 4 is 88.9 Å². The zero-order valence-electron chi connectivity index (χ0n) is 51.4. The number of carbonyl (C=O) groups excluding carboxylic acids is 11. The predicted octanol–water partition coefficient (Wildman–Crippen LogP) is -3.60. The second kappa shape index (κ2) is 36.5. The van der Waals surface area contributed by atoms with Crippen LogP contribution in [0.4, 0.5) is 0 Å². The number of aliphatic carboxylic acids is 4. The molecule has 0 aromatic carbocycles. The zero-order chi connectivity index (χ0) is 67.7. The van der Waals surface area contributed by atoms with Gasteiger partial charge in [0.2, 0.25) is 65.0 Å². The van der Waals surface area contributed by atoms with Gasteiger partial charge in [-0.25, -0.2) is 4.79 Å². The van der Waals surface area contributed by atoms with Crippen LogP contribution in [-0.4, -0.2) is 205 Å². The number of aliphatic hydroxyl groups is 1. The van der Waals surface area contributed by atoms with E-state index in [4.69, 9.17) is 5.73 Å². The Morgan fingerprint density at radius 1 is 0.719 bits per heavy atom. The fourth-order valence-electron chi connectivity index (χ4n) is 9.27. The molecular formula is C57H88N12O20. The van der Waals surface area contributed by atoms with Crippen molar-refractivity contribution < 1.29 is 97.5 Å². The summed E-state index contributed by atoms with van der Waals surface area (Å²) in [6, 6.07) is -18.9. The van der Waals surface area contributed by atoms with Crippen LogP contribution in [0, 0.1) is 29.6 Å². The van der Waals surface area contributed by atoms with Crippen molar-refractivity contribution in [3.8, 4) is 0 Å². The molecule has 89 heavy (non-hydrogen) atoms. The Bertz CT molecular complexity index is 2700. The molecule has 0 spiro atoms. The molecule has 0 aliphatic carbocycles. The Kier molecular flexibility index (Phi) is 31.3. The monoisotopic (exact) mass is 1260 g/mol. The summed E-state index contributed by atoms with van der Waals surface area (Å²) in [6.07, 6.45) is 4.05. The molecule has 5 unspecified atom stereocenters. The van der Waals surface area contributed by atoms with Crippen molar-refractivity contribution in [2.45, 2.75) is 180 Å². The summed E-state index contributed by atoms with van der Waals surface area (Å²) in [4.78, 5) is 205. The molecule has 0 bridgehead atoms. The Hall–Kier alpha value is -8.81. The molecule has 2 fully saturated rings. The topological polar surface area (TPSA) is 507 Å². The van der Waals surface area contributed by atoms with E-state index in [0.29, 0.717) is 12.3 Å². The molecule has 0 aromatic rings. The number of rotatable bonds is 23. The van der Waals surface area contributed by atoms with E-state index in [9.17, 15) is 97.5 Å². The number of fused-ring (bicyclic) bond motifs is 1. The quantitative estimate of drug-likeness (QED) is 0.0203. The number of hydrogen-bond donors (Lipinski definition) is 16. The van der Waals surface area contributed by atoms with E-state index in [2.05, 4.69) is 50.7 Å². The summed E-state index contributed by atoms with van der Waals surface area (Å²) in [6.45, 7) is 15.8. The molecule has 32 nitrogen and oxygen atoms in total. The average molecular weight is 1260 g/mol. The van der Waals surface area contributed by atoms with Gasteiger partial charge in [0.05, 0.1) is 30.8 Å². The summed E-state index contributed by atoms with van der Waals surface area (Å²) in [7, 11) is 0. The molecule has 15 atom stereocenters. The number of hydrogen-bond acceptors (Lipinski definition) is 17. The molecule has 0 saturated carbocycles. The summed E-state index contributed by atoms with van der Waals surface area (Å²) in [5.74, 6) is -25.1. The largest absolute Gasteiger partial charge is 0.481 e. The molecule has 32 heteroatoms. The van der Waals surface area contributed by atoms with Crippen molar-refractivity contribution in [1.82, 2.24) is 58.1 Å². The first-order valence-electron chi connectivity index (χ1n) is 29.2. The molecule has 2 heterocycles. The minimum Gasteiger partial charge on any atom is -0.481 e. The fraction of sp³-hybridized carbons (Fsp3) is 0.632. The predicted molar refractivity (Wildman–Crippen MR) is 314 cm³/mol. The van der Waals surface area contributed by atoms with Crippen LogP contribution in [0.15, 0.2) is 36.5 Å². The zero-order valence-corrected chi connectivity index (χ0v) is 51.4. The maximum absolute atomic E-state index is 14.8. The number of nitrogens with zero attached hydrogens (tertiary/aromatic N) is 1. The van der Waals surface area contributed by atoms with Crippen molar-refractivity contribution in [3.63, 3.8) is 0 Å². The fourth-order valence-corrected chi connectivity index (χ4v) is 9.27. The lowest BCUT2D eigenvalue weighted by Gasteiger charge is -2.33. The first-order chi connectivity index (χ1) is 41.6. The smallest absolute Gasteiger partial charge is 0.335 e. The van der Waals surface area contributed by atoms with Gasteiger partial charge in [-0.05, 0) is 96.1 Å². The van der Waals surface area contributed by atoms with Crippen LogP contribution in [0.5, 0.6) is 0 Å². The van der Waals surface area contributed by atoms with E-state index in [1.807, 2.05) is 22.9 Å². The number of allylic oxidation sites excluding steroid dienone is 3. The molecule has 2 rings (SSSR count). The van der Waals surface area contributed by atoms with Crippen LogP contribution in [0.1, 0.15) is 114 Å². The summed E-state index contributed by atoms with van der Waals surface area (Å²) in [5.41, 5.74) is 5.63. The third-order valence-corrected chi connectivity index (χ3v) is 15.0. The van der Waals surface area contributed by atoms with Crippen LogP contribution in [-0.2, 0) is 71.9 Å². The normalized spacial score (nSPS) is 26.0. The number of aliphatic hydroxyl groups excluding tert-OH is 1. The number of unbranched alkanes of at least 4 members (excludes halogenated alkanes) is 1. The van der Waals surface area contributed by atoms with E-state index >= 15 is 0 Å². The van der Waals surface area contributed by atoms with Gasteiger partial charge in [0.25, 0.3) is 0 Å². The highest BCUT2D eigenvalue weighted by Crippen LogP contribution is 2.26. The van der Waals surface area contributed by atoms with E-state index in [1.165, 1.54) is 33.8 Å². The third-order valence-electron chi connectivity index (χ3n) is 15.0. The first-order valence-corrected chi connectivity index (χ1v) is 29.2. The average Bonchev–Trinajstić information content (AvgIpc) is 2.04. The standard InChI is InChI=1S/C57H88N12O20/c1-11-28(6)18-14-12-13-15-20-36(70)63-41(30(8)55(84)85)51(80)67-43-32(10)60-48(77)35-22-29(7)25-69(35)54(83)40(27(4)5)66-50(79)42(31(9)56(86)87)64-37(71)24-59-46(75)34(23-38(72)73)62-53(82)44(45(74)57(88)89)68-47(76)33(19-16-17-21-58)61-49(78)39(26(2)3)65-52(43)81/h12-13,15,20,26,28-35,39-45,74H,4,11,14,16-19,21-25,58H2,1-3,5-10H3,(H,59,75)(H,60,77)(H,61,78)(H,62,82)(H,63,70)(H,64,71)(H,65,81)(H,66,79)(H,67,80)(H,68,76)(H,72,73)(H,84,85)(H,86,87)(H,88,89)/b13-12-,20-15+/t28?,29-,30?,31?,32?,33+,34+,35+,39-,40+,41+,42-,43+,44+,45?/m1/s1. The van der Waals surface area contributed by atoms with Gasteiger partial charge in [-0.1, -0.05) is 65.8 Å². The molecule has 2 aliphatic heterocycles. The molecule has 2 saturated heterocycles. The minimum absolute atomic E-state index is 0.0508. The van der Waals surface area contributed by atoms with Gasteiger partial charge in [0.1, 0.15) is 54.4 Å². The van der Waals surface area contributed by atoms with Gasteiger partial charge in [-0.15, -0.1) is 0 Å². The van der Waals surface area contributed by atoms with Crippen LogP contribution >= 0.6 is 0 Å². The van der Waals surface area contributed by atoms with Crippen LogP contribution in [0.3, 0.4) is 0 Å². The van der Waals surface area contributed by atoms with Crippen molar-refractivity contribution in [1.29, 1.82) is 0 Å². The Morgan fingerprint density at radius 3 is 1.89 bits per heavy atom. The molecule has 11 amide bonds.